The molecule has 0 aromatic heterocycles. The fourth-order valence-corrected chi connectivity index (χ4v) is 4.11. The topological polar surface area (TPSA) is 47.6 Å². The smallest absolute Gasteiger partial charge is 0.230 e. The summed E-state index contributed by atoms with van der Waals surface area (Å²) < 4.78 is 24.3. The SMILES string of the molecule is O=C(NCCc1ccc(F)cc1)C1(c2ccc3c(c2)OCCO3)CCCC1. The summed E-state index contributed by atoms with van der Waals surface area (Å²) in [6, 6.07) is 12.3. The van der Waals surface area contributed by atoms with Gasteiger partial charge < -0.3 is 14.8 Å². The Morgan fingerprint density at radius 3 is 2.44 bits per heavy atom. The first kappa shape index (κ1) is 17.8. The Balaban J connectivity index is 1.47. The molecular formula is C22H24FNO3. The van der Waals surface area contributed by atoms with Crippen LogP contribution in [0.3, 0.4) is 0 Å². The molecule has 1 heterocycles. The maximum absolute atomic E-state index is 13.1. The average molecular weight is 369 g/mol. The lowest BCUT2D eigenvalue weighted by molar-refractivity contribution is -0.126. The van der Waals surface area contributed by atoms with Gasteiger partial charge in [0.25, 0.3) is 0 Å². The highest BCUT2D eigenvalue weighted by Crippen LogP contribution is 2.44. The molecule has 4 rings (SSSR count). The van der Waals surface area contributed by atoms with E-state index >= 15 is 0 Å². The molecule has 27 heavy (non-hydrogen) atoms. The van der Waals surface area contributed by atoms with Crippen molar-refractivity contribution in [3.05, 3.63) is 59.4 Å². The van der Waals surface area contributed by atoms with Crippen LogP contribution in [-0.4, -0.2) is 25.7 Å². The summed E-state index contributed by atoms with van der Waals surface area (Å²) in [7, 11) is 0. The van der Waals surface area contributed by atoms with Gasteiger partial charge in [-0.2, -0.15) is 0 Å². The Bertz CT molecular complexity index is 813. The summed E-state index contributed by atoms with van der Waals surface area (Å²) >= 11 is 0. The minimum absolute atomic E-state index is 0.0683. The first-order valence-corrected chi connectivity index (χ1v) is 9.60. The van der Waals surface area contributed by atoms with Gasteiger partial charge in [0.1, 0.15) is 19.0 Å². The van der Waals surface area contributed by atoms with Crippen LogP contribution in [-0.2, 0) is 16.6 Å². The summed E-state index contributed by atoms with van der Waals surface area (Å²) in [5, 5.41) is 3.10. The van der Waals surface area contributed by atoms with Crippen LogP contribution in [0.15, 0.2) is 42.5 Å². The van der Waals surface area contributed by atoms with E-state index in [1.54, 1.807) is 12.1 Å². The van der Waals surface area contributed by atoms with E-state index in [9.17, 15) is 9.18 Å². The van der Waals surface area contributed by atoms with Crippen molar-refractivity contribution in [3.8, 4) is 11.5 Å². The highest BCUT2D eigenvalue weighted by Gasteiger charge is 2.43. The third-order valence-electron chi connectivity index (χ3n) is 5.60. The van der Waals surface area contributed by atoms with Gasteiger partial charge in [-0.05, 0) is 54.7 Å². The number of amides is 1. The molecule has 0 unspecified atom stereocenters. The first-order chi connectivity index (χ1) is 13.2. The minimum atomic E-state index is -0.501. The number of hydrogen-bond acceptors (Lipinski definition) is 3. The molecule has 0 bridgehead atoms. The third-order valence-corrected chi connectivity index (χ3v) is 5.60. The van der Waals surface area contributed by atoms with Crippen molar-refractivity contribution < 1.29 is 18.7 Å². The monoisotopic (exact) mass is 369 g/mol. The highest BCUT2D eigenvalue weighted by molar-refractivity contribution is 5.88. The van der Waals surface area contributed by atoms with Gasteiger partial charge in [0.2, 0.25) is 5.91 Å². The van der Waals surface area contributed by atoms with Crippen LogP contribution in [0.1, 0.15) is 36.8 Å². The van der Waals surface area contributed by atoms with Gasteiger partial charge >= 0.3 is 0 Å². The molecule has 1 aliphatic carbocycles. The molecule has 1 saturated carbocycles. The normalized spacial score (nSPS) is 17.5. The lowest BCUT2D eigenvalue weighted by atomic mass is 9.77. The van der Waals surface area contributed by atoms with Crippen molar-refractivity contribution in [3.63, 3.8) is 0 Å². The molecule has 0 saturated heterocycles. The first-order valence-electron chi connectivity index (χ1n) is 9.60. The second-order valence-electron chi connectivity index (χ2n) is 7.28. The average Bonchev–Trinajstić information content (AvgIpc) is 3.20. The fourth-order valence-electron chi connectivity index (χ4n) is 4.11. The molecule has 2 aromatic carbocycles. The Labute approximate surface area is 158 Å². The fraction of sp³-hybridized carbons (Fsp3) is 0.409. The van der Waals surface area contributed by atoms with Gasteiger partial charge in [0.15, 0.2) is 11.5 Å². The molecule has 0 spiro atoms. The number of ether oxygens (including phenoxy) is 2. The number of fused-ring (bicyclic) bond motifs is 1. The number of rotatable bonds is 5. The quantitative estimate of drug-likeness (QED) is 0.873. The summed E-state index contributed by atoms with van der Waals surface area (Å²) in [5.74, 6) is 1.30. The Morgan fingerprint density at radius 2 is 1.70 bits per heavy atom. The van der Waals surface area contributed by atoms with Crippen molar-refractivity contribution in [2.24, 2.45) is 0 Å². The van der Waals surface area contributed by atoms with Crippen molar-refractivity contribution in [1.82, 2.24) is 5.32 Å². The van der Waals surface area contributed by atoms with Crippen LogP contribution in [0.2, 0.25) is 0 Å². The number of carbonyl (C=O) groups excluding carboxylic acids is 1. The zero-order chi connectivity index (χ0) is 18.7. The van der Waals surface area contributed by atoms with Gasteiger partial charge in [0.05, 0.1) is 5.41 Å². The van der Waals surface area contributed by atoms with E-state index in [1.807, 2.05) is 18.2 Å². The lowest BCUT2D eigenvalue weighted by Crippen LogP contribution is -2.43. The van der Waals surface area contributed by atoms with E-state index < -0.39 is 5.41 Å². The number of halogens is 1. The van der Waals surface area contributed by atoms with Crippen LogP contribution in [0.5, 0.6) is 11.5 Å². The van der Waals surface area contributed by atoms with Gasteiger partial charge in [0, 0.05) is 6.54 Å². The summed E-state index contributed by atoms with van der Waals surface area (Å²) in [5.41, 5.74) is 1.51. The molecule has 1 N–H and O–H groups in total. The zero-order valence-electron chi connectivity index (χ0n) is 15.3. The van der Waals surface area contributed by atoms with Crippen molar-refractivity contribution >= 4 is 5.91 Å². The molecule has 0 radical (unpaired) electrons. The standard InChI is InChI=1S/C22H24FNO3/c23-18-6-3-16(4-7-18)9-12-24-21(25)22(10-1-2-11-22)17-5-8-19-20(15-17)27-14-13-26-19/h3-8,15H,1-2,9-14H2,(H,24,25). The van der Waals surface area contributed by atoms with Crippen molar-refractivity contribution in [2.45, 2.75) is 37.5 Å². The Hall–Kier alpha value is -2.56. The summed E-state index contributed by atoms with van der Waals surface area (Å²) in [4.78, 5) is 13.1. The van der Waals surface area contributed by atoms with E-state index in [4.69, 9.17) is 9.47 Å². The zero-order valence-corrected chi connectivity index (χ0v) is 15.3. The molecule has 1 amide bonds. The van der Waals surface area contributed by atoms with Crippen molar-refractivity contribution in [2.75, 3.05) is 19.8 Å². The summed E-state index contributed by atoms with van der Waals surface area (Å²) in [6.07, 6.45) is 4.45. The second kappa shape index (κ2) is 7.59. The van der Waals surface area contributed by atoms with Crippen LogP contribution >= 0.6 is 0 Å². The van der Waals surface area contributed by atoms with Gasteiger partial charge in [-0.25, -0.2) is 4.39 Å². The predicted molar refractivity (Wildman–Crippen MR) is 101 cm³/mol. The van der Waals surface area contributed by atoms with E-state index in [0.29, 0.717) is 26.2 Å². The molecule has 2 aromatic rings. The number of benzene rings is 2. The number of hydrogen-bond donors (Lipinski definition) is 1. The minimum Gasteiger partial charge on any atom is -0.486 e. The molecule has 2 aliphatic rings. The maximum atomic E-state index is 13.1. The van der Waals surface area contributed by atoms with E-state index in [0.717, 1.165) is 48.3 Å². The van der Waals surface area contributed by atoms with Gasteiger partial charge in [-0.3, -0.25) is 4.79 Å². The third kappa shape index (κ3) is 3.64. The van der Waals surface area contributed by atoms with E-state index in [2.05, 4.69) is 5.32 Å². The van der Waals surface area contributed by atoms with Crippen LogP contribution < -0.4 is 14.8 Å². The van der Waals surface area contributed by atoms with Gasteiger partial charge in [-0.15, -0.1) is 0 Å². The van der Waals surface area contributed by atoms with E-state index in [1.165, 1.54) is 12.1 Å². The lowest BCUT2D eigenvalue weighted by Gasteiger charge is -2.30. The molecule has 1 aliphatic heterocycles. The van der Waals surface area contributed by atoms with Crippen molar-refractivity contribution in [1.29, 1.82) is 0 Å². The molecule has 5 heteroatoms. The second-order valence-corrected chi connectivity index (χ2v) is 7.28. The molecule has 1 fully saturated rings. The number of nitrogens with one attached hydrogen (secondary N) is 1. The van der Waals surface area contributed by atoms with Crippen LogP contribution in [0.4, 0.5) is 4.39 Å². The van der Waals surface area contributed by atoms with Crippen LogP contribution in [0.25, 0.3) is 0 Å². The van der Waals surface area contributed by atoms with Gasteiger partial charge in [-0.1, -0.05) is 31.0 Å². The molecule has 4 nitrogen and oxygen atoms in total. The number of carbonyl (C=O) groups is 1. The molecule has 142 valence electrons. The Kier molecular flexibility index (Phi) is 5.01. The summed E-state index contributed by atoms with van der Waals surface area (Å²) in [6.45, 7) is 1.63. The maximum Gasteiger partial charge on any atom is 0.230 e. The highest BCUT2D eigenvalue weighted by atomic mass is 19.1. The predicted octanol–water partition coefficient (Wildman–Crippen LogP) is 3.77. The Morgan fingerprint density at radius 1 is 1.00 bits per heavy atom. The van der Waals surface area contributed by atoms with E-state index in [-0.39, 0.29) is 11.7 Å². The molecular weight excluding hydrogens is 345 g/mol. The largest absolute Gasteiger partial charge is 0.486 e. The molecule has 0 atom stereocenters. The van der Waals surface area contributed by atoms with Crippen LogP contribution in [0, 0.1) is 5.82 Å².